The van der Waals surface area contributed by atoms with Gasteiger partial charge in [0.05, 0.1) is 42.1 Å². The molecule has 0 saturated heterocycles. The lowest BCUT2D eigenvalue weighted by Crippen LogP contribution is -2.41. The first-order valence-corrected chi connectivity index (χ1v) is 13.0. The number of benzene rings is 1. The maximum atomic E-state index is 13.1. The number of aliphatic hydroxyl groups is 2. The van der Waals surface area contributed by atoms with Crippen LogP contribution in [0.2, 0.25) is 0 Å². The van der Waals surface area contributed by atoms with E-state index in [2.05, 4.69) is 25.5 Å². The van der Waals surface area contributed by atoms with Crippen molar-refractivity contribution in [2.75, 3.05) is 31.6 Å². The number of nitrogens with one attached hydrogen (secondary N) is 2. The predicted molar refractivity (Wildman–Crippen MR) is 139 cm³/mol. The molecular formula is C25H30N6O4S. The van der Waals surface area contributed by atoms with Crippen molar-refractivity contribution in [1.82, 2.24) is 25.1 Å². The molecule has 3 aromatic heterocycles. The van der Waals surface area contributed by atoms with Crippen LogP contribution in [0.3, 0.4) is 0 Å². The van der Waals surface area contributed by atoms with Gasteiger partial charge in [0.1, 0.15) is 22.7 Å². The quantitative estimate of drug-likeness (QED) is 0.270. The number of aromatic amines is 1. The first-order valence-electron chi connectivity index (χ1n) is 12.1. The summed E-state index contributed by atoms with van der Waals surface area (Å²) in [6.07, 6.45) is 5.37. The molecule has 0 fully saturated rings. The fourth-order valence-corrected chi connectivity index (χ4v) is 6.06. The minimum Gasteiger partial charge on any atom is -0.489 e. The highest BCUT2D eigenvalue weighted by Crippen LogP contribution is 2.42. The molecule has 1 aromatic carbocycles. The van der Waals surface area contributed by atoms with Gasteiger partial charge >= 0.3 is 0 Å². The summed E-state index contributed by atoms with van der Waals surface area (Å²) < 4.78 is 6.07. The second-order valence-corrected chi connectivity index (χ2v) is 10.3. The summed E-state index contributed by atoms with van der Waals surface area (Å²) in [6, 6.07) is 3.93. The summed E-state index contributed by atoms with van der Waals surface area (Å²) in [4.78, 5) is 25.7. The highest BCUT2D eigenvalue weighted by Gasteiger charge is 2.31. The number of rotatable bonds is 9. The fraction of sp³-hybridized carbons (Fsp3) is 0.440. The van der Waals surface area contributed by atoms with Gasteiger partial charge in [0, 0.05) is 35.3 Å². The average Bonchev–Trinajstić information content (AvgIpc) is 3.47. The molecule has 0 unspecified atom stereocenters. The Hall–Kier alpha value is -3.28. The van der Waals surface area contributed by atoms with Crippen LogP contribution in [0.4, 0.5) is 11.5 Å². The van der Waals surface area contributed by atoms with E-state index < -0.39 is 0 Å². The van der Waals surface area contributed by atoms with Crippen molar-refractivity contribution in [1.29, 1.82) is 0 Å². The van der Waals surface area contributed by atoms with E-state index in [0.29, 0.717) is 24.4 Å². The number of hydrogen-bond acceptors (Lipinski definition) is 9. The number of ether oxygens (including phenoxy) is 1. The van der Waals surface area contributed by atoms with Crippen LogP contribution < -0.4 is 10.1 Å². The predicted octanol–water partition coefficient (Wildman–Crippen LogP) is 3.02. The summed E-state index contributed by atoms with van der Waals surface area (Å²) in [7, 11) is 0. The van der Waals surface area contributed by atoms with E-state index in [4.69, 9.17) is 4.74 Å². The van der Waals surface area contributed by atoms with Gasteiger partial charge in [0.2, 0.25) is 5.91 Å². The third kappa shape index (κ3) is 4.73. The van der Waals surface area contributed by atoms with Crippen LogP contribution in [-0.2, 0) is 17.6 Å². The van der Waals surface area contributed by atoms with Gasteiger partial charge in [-0.15, -0.1) is 11.3 Å². The molecule has 0 saturated carbocycles. The molecule has 10 nitrogen and oxygen atoms in total. The summed E-state index contributed by atoms with van der Waals surface area (Å²) in [5, 5.41) is 31.2. The van der Waals surface area contributed by atoms with E-state index in [1.807, 2.05) is 26.0 Å². The van der Waals surface area contributed by atoms with Crippen molar-refractivity contribution < 1.29 is 19.7 Å². The monoisotopic (exact) mass is 510 g/mol. The molecule has 0 aliphatic heterocycles. The van der Waals surface area contributed by atoms with E-state index in [9.17, 15) is 15.0 Å². The number of thiophene rings is 1. The molecule has 0 bridgehead atoms. The number of aliphatic hydroxyl groups excluding tert-OH is 2. The van der Waals surface area contributed by atoms with Crippen LogP contribution in [0, 0.1) is 5.92 Å². The molecule has 4 aromatic rings. The maximum Gasteiger partial charge on any atom is 0.226 e. The average molecular weight is 511 g/mol. The second-order valence-electron chi connectivity index (χ2n) is 9.22. The summed E-state index contributed by atoms with van der Waals surface area (Å²) in [6.45, 7) is 4.19. The minimum atomic E-state index is -0.178. The Balaban J connectivity index is 1.47. The molecule has 1 amide bonds. The third-order valence-corrected chi connectivity index (χ3v) is 7.56. The summed E-state index contributed by atoms with van der Waals surface area (Å²) >= 11 is 1.60. The van der Waals surface area contributed by atoms with E-state index in [1.165, 1.54) is 5.56 Å². The molecule has 11 heteroatoms. The van der Waals surface area contributed by atoms with Gasteiger partial charge in [-0.2, -0.15) is 5.10 Å². The van der Waals surface area contributed by atoms with Crippen molar-refractivity contribution in [2.24, 2.45) is 5.92 Å². The number of amides is 1. The Kier molecular flexibility index (Phi) is 7.04. The molecule has 1 aliphatic carbocycles. The summed E-state index contributed by atoms with van der Waals surface area (Å²) in [5.74, 6) is 1.22. The molecule has 190 valence electrons. The van der Waals surface area contributed by atoms with E-state index in [0.717, 1.165) is 38.1 Å². The van der Waals surface area contributed by atoms with Crippen LogP contribution in [0.5, 0.6) is 5.75 Å². The van der Waals surface area contributed by atoms with Crippen molar-refractivity contribution in [3.05, 3.63) is 35.1 Å². The molecule has 1 aliphatic rings. The minimum absolute atomic E-state index is 0.00375. The van der Waals surface area contributed by atoms with Gasteiger partial charge in [0.15, 0.2) is 0 Å². The molecule has 4 N–H and O–H groups in total. The van der Waals surface area contributed by atoms with Crippen molar-refractivity contribution in [3.63, 3.8) is 0 Å². The van der Waals surface area contributed by atoms with Crippen molar-refractivity contribution >= 4 is 49.9 Å². The highest BCUT2D eigenvalue weighted by atomic mass is 32.1. The number of aromatic nitrogens is 4. The number of nitrogens with zero attached hydrogens (tertiary/aromatic N) is 4. The van der Waals surface area contributed by atoms with E-state index in [-0.39, 0.29) is 44.2 Å². The zero-order valence-corrected chi connectivity index (χ0v) is 21.1. The molecule has 1 atom stereocenters. The van der Waals surface area contributed by atoms with Gasteiger partial charge in [-0.05, 0) is 44.7 Å². The molecular weight excluding hydrogens is 480 g/mol. The number of fused-ring (bicyclic) bond motifs is 4. The number of aryl methyl sites for hydroxylation is 1. The molecule has 0 radical (unpaired) electrons. The van der Waals surface area contributed by atoms with Crippen LogP contribution in [0.15, 0.2) is 24.7 Å². The Morgan fingerprint density at radius 3 is 2.83 bits per heavy atom. The Bertz CT molecular complexity index is 1380. The second kappa shape index (κ2) is 10.4. The van der Waals surface area contributed by atoms with Crippen LogP contribution in [-0.4, -0.2) is 73.6 Å². The Morgan fingerprint density at radius 2 is 2.08 bits per heavy atom. The Morgan fingerprint density at radius 1 is 1.28 bits per heavy atom. The molecule has 3 heterocycles. The van der Waals surface area contributed by atoms with E-state index >= 15 is 0 Å². The van der Waals surface area contributed by atoms with Gasteiger partial charge in [-0.25, -0.2) is 9.97 Å². The largest absolute Gasteiger partial charge is 0.489 e. The van der Waals surface area contributed by atoms with E-state index in [1.54, 1.807) is 28.8 Å². The summed E-state index contributed by atoms with van der Waals surface area (Å²) in [5.41, 5.74) is 2.86. The normalized spacial score (nSPS) is 15.4. The zero-order valence-electron chi connectivity index (χ0n) is 20.3. The molecule has 36 heavy (non-hydrogen) atoms. The number of carbonyl (C=O) groups excluding carboxylic acids is 1. The first-order chi connectivity index (χ1) is 17.5. The lowest BCUT2D eigenvalue weighted by Gasteiger charge is -2.28. The van der Waals surface area contributed by atoms with Crippen LogP contribution in [0.25, 0.3) is 21.1 Å². The lowest BCUT2D eigenvalue weighted by atomic mass is 9.87. The third-order valence-electron chi connectivity index (χ3n) is 6.40. The van der Waals surface area contributed by atoms with Crippen molar-refractivity contribution in [3.8, 4) is 5.75 Å². The number of H-pyrrole nitrogens is 1. The van der Waals surface area contributed by atoms with Gasteiger partial charge in [-0.1, -0.05) is 0 Å². The number of hydrogen-bond donors (Lipinski definition) is 4. The maximum absolute atomic E-state index is 13.1. The lowest BCUT2D eigenvalue weighted by molar-refractivity contribution is -0.136. The SMILES string of the molecule is CC(C)Oc1cc2[nH]ncc2cc1Nc1ncnc2sc3c(c12)CC[C@H](C(=O)N(CCO)CCO)C3. The van der Waals surface area contributed by atoms with Gasteiger partial charge < -0.3 is 25.2 Å². The topological polar surface area (TPSA) is 136 Å². The molecule has 0 spiro atoms. The number of anilines is 2. The zero-order chi connectivity index (χ0) is 25.2. The van der Waals surface area contributed by atoms with Crippen LogP contribution in [0.1, 0.15) is 30.7 Å². The van der Waals surface area contributed by atoms with Gasteiger partial charge in [0.25, 0.3) is 0 Å². The highest BCUT2D eigenvalue weighted by molar-refractivity contribution is 7.19. The fourth-order valence-electron chi connectivity index (χ4n) is 4.80. The Labute approximate surface area is 212 Å². The standard InChI is InChI=1S/C25H30N6O4S/c1-14(2)35-20-11-18-16(12-28-30-18)9-19(20)29-23-22-17-4-3-15(25(34)31(5-7-32)6-8-33)10-21(17)36-24(22)27-13-26-23/h9,11-15,32-33H,3-8,10H2,1-2H3,(H,28,30)(H,26,27,29)/t15-/m0/s1. The number of carbonyl (C=O) groups is 1. The smallest absolute Gasteiger partial charge is 0.226 e. The van der Waals surface area contributed by atoms with Gasteiger partial charge in [-0.3, -0.25) is 9.89 Å². The van der Waals surface area contributed by atoms with Crippen LogP contribution >= 0.6 is 11.3 Å². The van der Waals surface area contributed by atoms with Crippen molar-refractivity contribution in [2.45, 2.75) is 39.2 Å². The molecule has 5 rings (SSSR count). The first kappa shape index (κ1) is 24.4.